The van der Waals surface area contributed by atoms with Gasteiger partial charge in [-0.3, -0.25) is 24.2 Å². The largest absolute Gasteiger partial charge is 0.480 e. The maximum absolute atomic E-state index is 12.5. The van der Waals surface area contributed by atoms with Crippen molar-refractivity contribution in [1.29, 1.82) is 0 Å². The second-order valence-corrected chi connectivity index (χ2v) is 6.97. The number of Topliss-reactive ketones (excluding diaryl/α,β-unsaturated/α-hetero) is 1. The number of amides is 2. The number of carboxylic acid groups (broad SMARTS) is 1. The standard InChI is InChI=1S/C18H29N3O5/c1-5-7-13(22)10-14(11(2)3)16(23)19-12(4)17(24)21-9-6-8-15(20-21)18(25)26/h5,11-12,14-15,20H,1,6-10H2,2-4H3,(H,19,23)(H,25,26)/t12-,14-,15-/m0/s1. The average Bonchev–Trinajstić information content (AvgIpc) is 2.58. The molecule has 3 atom stereocenters. The zero-order chi connectivity index (χ0) is 19.9. The summed E-state index contributed by atoms with van der Waals surface area (Å²) in [6, 6.07) is -1.63. The number of carbonyl (C=O) groups is 4. The smallest absolute Gasteiger partial charge is 0.322 e. The van der Waals surface area contributed by atoms with Crippen molar-refractivity contribution in [1.82, 2.24) is 15.8 Å². The van der Waals surface area contributed by atoms with Crippen LogP contribution in [0, 0.1) is 11.8 Å². The SMILES string of the molecule is C=CCC(=O)C[C@H](C(=O)N[C@@H](C)C(=O)N1CCC[C@@H](C(=O)O)N1)C(C)C. The number of rotatable bonds is 9. The van der Waals surface area contributed by atoms with E-state index < -0.39 is 29.9 Å². The number of hydrazine groups is 1. The first kappa shape index (κ1) is 21.8. The zero-order valence-electron chi connectivity index (χ0n) is 15.7. The molecule has 1 fully saturated rings. The van der Waals surface area contributed by atoms with E-state index >= 15 is 0 Å². The molecule has 0 aromatic carbocycles. The summed E-state index contributed by atoms with van der Waals surface area (Å²) in [4.78, 5) is 47.9. The van der Waals surface area contributed by atoms with E-state index in [-0.39, 0.29) is 30.4 Å². The Balaban J connectivity index is 2.68. The van der Waals surface area contributed by atoms with Gasteiger partial charge in [0.05, 0.1) is 0 Å². The predicted octanol–water partition coefficient (Wildman–Crippen LogP) is 0.879. The summed E-state index contributed by atoms with van der Waals surface area (Å²) in [5, 5.41) is 13.0. The minimum absolute atomic E-state index is 0.0597. The maximum Gasteiger partial charge on any atom is 0.322 e. The molecule has 8 nitrogen and oxygen atoms in total. The van der Waals surface area contributed by atoms with E-state index in [4.69, 9.17) is 5.11 Å². The fourth-order valence-corrected chi connectivity index (χ4v) is 2.86. The molecule has 1 saturated heterocycles. The van der Waals surface area contributed by atoms with E-state index in [2.05, 4.69) is 17.3 Å². The molecule has 0 radical (unpaired) electrons. The molecule has 0 bridgehead atoms. The lowest BCUT2D eigenvalue weighted by atomic mass is 9.89. The highest BCUT2D eigenvalue weighted by molar-refractivity contribution is 5.91. The first-order valence-corrected chi connectivity index (χ1v) is 8.90. The maximum atomic E-state index is 12.5. The van der Waals surface area contributed by atoms with Crippen molar-refractivity contribution in [3.63, 3.8) is 0 Å². The number of aliphatic carboxylic acids is 1. The number of allylic oxidation sites excluding steroid dienone is 1. The molecule has 1 aliphatic rings. The fraction of sp³-hybridized carbons (Fsp3) is 0.667. The molecule has 0 unspecified atom stereocenters. The van der Waals surface area contributed by atoms with Gasteiger partial charge in [0.1, 0.15) is 17.9 Å². The van der Waals surface area contributed by atoms with Gasteiger partial charge in [-0.2, -0.15) is 0 Å². The van der Waals surface area contributed by atoms with E-state index in [1.807, 2.05) is 13.8 Å². The summed E-state index contributed by atoms with van der Waals surface area (Å²) in [6.07, 6.45) is 2.82. The second-order valence-electron chi connectivity index (χ2n) is 6.97. The molecule has 146 valence electrons. The average molecular weight is 367 g/mol. The molecular formula is C18H29N3O5. The molecule has 0 aromatic rings. The van der Waals surface area contributed by atoms with Crippen molar-refractivity contribution in [3.05, 3.63) is 12.7 Å². The quantitative estimate of drug-likeness (QED) is 0.521. The van der Waals surface area contributed by atoms with Crippen LogP contribution in [0.4, 0.5) is 0 Å². The number of hydrogen-bond acceptors (Lipinski definition) is 5. The zero-order valence-corrected chi connectivity index (χ0v) is 15.7. The van der Waals surface area contributed by atoms with E-state index in [0.717, 1.165) is 0 Å². The van der Waals surface area contributed by atoms with Crippen LogP contribution < -0.4 is 10.7 Å². The van der Waals surface area contributed by atoms with Crippen molar-refractivity contribution in [2.45, 2.75) is 58.5 Å². The lowest BCUT2D eigenvalue weighted by molar-refractivity contribution is -0.148. The highest BCUT2D eigenvalue weighted by atomic mass is 16.4. The van der Waals surface area contributed by atoms with Crippen LogP contribution in [0.2, 0.25) is 0 Å². The first-order valence-electron chi connectivity index (χ1n) is 8.90. The Morgan fingerprint density at radius 1 is 1.31 bits per heavy atom. The predicted molar refractivity (Wildman–Crippen MR) is 95.9 cm³/mol. The summed E-state index contributed by atoms with van der Waals surface area (Å²) in [7, 11) is 0. The van der Waals surface area contributed by atoms with Gasteiger partial charge in [0.25, 0.3) is 5.91 Å². The Morgan fingerprint density at radius 3 is 2.50 bits per heavy atom. The number of carboxylic acids is 1. The monoisotopic (exact) mass is 367 g/mol. The summed E-state index contributed by atoms with van der Waals surface area (Å²) in [5.41, 5.74) is 2.68. The van der Waals surface area contributed by atoms with Gasteiger partial charge in [-0.15, -0.1) is 6.58 Å². The van der Waals surface area contributed by atoms with Crippen LogP contribution in [-0.2, 0) is 19.2 Å². The van der Waals surface area contributed by atoms with Crippen molar-refractivity contribution in [2.24, 2.45) is 11.8 Å². The van der Waals surface area contributed by atoms with Gasteiger partial charge in [0.2, 0.25) is 5.91 Å². The van der Waals surface area contributed by atoms with Crippen LogP contribution in [0.15, 0.2) is 12.7 Å². The molecule has 0 spiro atoms. The molecular weight excluding hydrogens is 338 g/mol. The molecule has 1 heterocycles. The molecule has 0 aliphatic carbocycles. The lowest BCUT2D eigenvalue weighted by Crippen LogP contribution is -2.59. The summed E-state index contributed by atoms with van der Waals surface area (Å²) in [5.74, 6) is -2.43. The van der Waals surface area contributed by atoms with Crippen molar-refractivity contribution in [2.75, 3.05) is 6.54 Å². The summed E-state index contributed by atoms with van der Waals surface area (Å²) < 4.78 is 0. The van der Waals surface area contributed by atoms with E-state index in [9.17, 15) is 19.2 Å². The fourth-order valence-electron chi connectivity index (χ4n) is 2.86. The first-order chi connectivity index (χ1) is 12.2. The number of nitrogens with one attached hydrogen (secondary N) is 2. The Labute approximate surface area is 154 Å². The van der Waals surface area contributed by atoms with E-state index in [1.54, 1.807) is 6.92 Å². The van der Waals surface area contributed by atoms with Crippen molar-refractivity contribution >= 4 is 23.6 Å². The van der Waals surface area contributed by atoms with Crippen LogP contribution in [0.5, 0.6) is 0 Å². The van der Waals surface area contributed by atoms with Gasteiger partial charge in [0, 0.05) is 25.3 Å². The van der Waals surface area contributed by atoms with E-state index in [0.29, 0.717) is 19.4 Å². The van der Waals surface area contributed by atoms with E-state index in [1.165, 1.54) is 11.1 Å². The highest BCUT2D eigenvalue weighted by Crippen LogP contribution is 2.17. The van der Waals surface area contributed by atoms with Crippen LogP contribution >= 0.6 is 0 Å². The lowest BCUT2D eigenvalue weighted by Gasteiger charge is -2.34. The minimum atomic E-state index is -1.01. The Hall–Kier alpha value is -2.22. The Morgan fingerprint density at radius 2 is 1.96 bits per heavy atom. The van der Waals surface area contributed by atoms with Gasteiger partial charge in [-0.05, 0) is 25.7 Å². The second kappa shape index (κ2) is 10.1. The van der Waals surface area contributed by atoms with Gasteiger partial charge < -0.3 is 10.4 Å². The number of nitrogens with zero attached hydrogens (tertiary/aromatic N) is 1. The number of carbonyl (C=O) groups excluding carboxylic acids is 3. The third kappa shape index (κ3) is 6.25. The van der Waals surface area contributed by atoms with Gasteiger partial charge in [-0.1, -0.05) is 19.9 Å². The summed E-state index contributed by atoms with van der Waals surface area (Å²) in [6.45, 7) is 9.15. The van der Waals surface area contributed by atoms with Crippen LogP contribution in [0.25, 0.3) is 0 Å². The molecule has 1 rings (SSSR count). The van der Waals surface area contributed by atoms with Gasteiger partial charge in [-0.25, -0.2) is 5.43 Å². The van der Waals surface area contributed by atoms with Crippen molar-refractivity contribution < 1.29 is 24.3 Å². The van der Waals surface area contributed by atoms with Crippen LogP contribution in [-0.4, -0.2) is 52.3 Å². The van der Waals surface area contributed by atoms with Crippen LogP contribution in [0.3, 0.4) is 0 Å². The molecule has 0 saturated carbocycles. The van der Waals surface area contributed by atoms with Gasteiger partial charge >= 0.3 is 5.97 Å². The minimum Gasteiger partial charge on any atom is -0.480 e. The third-order valence-electron chi connectivity index (χ3n) is 4.44. The van der Waals surface area contributed by atoms with Crippen LogP contribution in [0.1, 0.15) is 46.5 Å². The third-order valence-corrected chi connectivity index (χ3v) is 4.44. The van der Waals surface area contributed by atoms with Crippen molar-refractivity contribution in [3.8, 4) is 0 Å². The molecule has 1 aliphatic heterocycles. The van der Waals surface area contributed by atoms with Gasteiger partial charge in [0.15, 0.2) is 0 Å². The Kier molecular flexibility index (Phi) is 8.44. The molecule has 3 N–H and O–H groups in total. The number of hydrogen-bond donors (Lipinski definition) is 3. The Bertz CT molecular complexity index is 561. The highest BCUT2D eigenvalue weighted by Gasteiger charge is 2.32. The molecule has 0 aromatic heterocycles. The normalized spacial score (nSPS) is 19.5. The molecule has 8 heteroatoms. The molecule has 2 amide bonds. The summed E-state index contributed by atoms with van der Waals surface area (Å²) >= 11 is 0. The molecule has 26 heavy (non-hydrogen) atoms. The number of ketones is 1. The topological polar surface area (TPSA) is 116 Å².